The van der Waals surface area contributed by atoms with Crippen molar-refractivity contribution in [1.29, 1.82) is 0 Å². The number of nitrogens with zero attached hydrogens (tertiary/aromatic N) is 1. The van der Waals surface area contributed by atoms with Crippen LogP contribution in [0.1, 0.15) is 45.1 Å². The van der Waals surface area contributed by atoms with Crippen LogP contribution < -0.4 is 5.32 Å². The molecule has 0 fully saturated rings. The van der Waals surface area contributed by atoms with E-state index in [-0.39, 0.29) is 12.5 Å². The summed E-state index contributed by atoms with van der Waals surface area (Å²) in [6.45, 7) is 7.50. The topological polar surface area (TPSA) is 62.6 Å². The molecule has 5 heteroatoms. The zero-order valence-electron chi connectivity index (χ0n) is 15.6. The molecule has 1 aromatic heterocycles. The second-order valence-corrected chi connectivity index (χ2v) is 6.95. The van der Waals surface area contributed by atoms with Gasteiger partial charge in [-0.25, -0.2) is 0 Å². The fraction of sp³-hybridized carbons (Fsp3) is 0.333. The van der Waals surface area contributed by atoms with Crippen LogP contribution in [0.3, 0.4) is 0 Å². The van der Waals surface area contributed by atoms with Crippen LogP contribution in [0.15, 0.2) is 53.1 Å². The van der Waals surface area contributed by atoms with Crippen molar-refractivity contribution in [1.82, 2.24) is 10.2 Å². The Kier molecular flexibility index (Phi) is 6.24. The summed E-state index contributed by atoms with van der Waals surface area (Å²) in [5.41, 5.74) is 0.457. The smallest absolute Gasteiger partial charge is 0.299 e. The van der Waals surface area contributed by atoms with Crippen molar-refractivity contribution >= 4 is 11.8 Å². The van der Waals surface area contributed by atoms with E-state index in [0.29, 0.717) is 5.76 Å². The predicted molar refractivity (Wildman–Crippen MR) is 99.8 cm³/mol. The van der Waals surface area contributed by atoms with Crippen LogP contribution in [-0.4, -0.2) is 22.3 Å². The average Bonchev–Trinajstić information content (AvgIpc) is 3.08. The fourth-order valence-corrected chi connectivity index (χ4v) is 2.55. The molecule has 1 unspecified atom stereocenters. The van der Waals surface area contributed by atoms with Crippen LogP contribution >= 0.6 is 0 Å². The van der Waals surface area contributed by atoms with Gasteiger partial charge in [-0.05, 0) is 51.3 Å². The molecule has 2 aromatic rings. The molecule has 0 radical (unpaired) electrons. The second-order valence-electron chi connectivity index (χ2n) is 6.95. The molecule has 2 rings (SSSR count). The maximum atomic E-state index is 13.0. The fourth-order valence-electron chi connectivity index (χ4n) is 2.55. The largest absolute Gasteiger partial charge is 0.467 e. The highest BCUT2D eigenvalue weighted by atomic mass is 16.3. The Morgan fingerprint density at radius 3 is 2.38 bits per heavy atom. The minimum absolute atomic E-state index is 0.247. The summed E-state index contributed by atoms with van der Waals surface area (Å²) in [5, 5.41) is 2.93. The molecular weight excluding hydrogens is 328 g/mol. The molecule has 2 amide bonds. The van der Waals surface area contributed by atoms with E-state index in [1.54, 1.807) is 19.1 Å². The van der Waals surface area contributed by atoms with E-state index in [1.165, 1.54) is 11.2 Å². The summed E-state index contributed by atoms with van der Waals surface area (Å²) in [4.78, 5) is 27.1. The number of hydrogen-bond donors (Lipinski definition) is 1. The molecule has 0 aliphatic rings. The van der Waals surface area contributed by atoms with E-state index in [4.69, 9.17) is 4.42 Å². The van der Waals surface area contributed by atoms with Crippen molar-refractivity contribution in [2.24, 2.45) is 0 Å². The third kappa shape index (κ3) is 5.25. The first-order valence-electron chi connectivity index (χ1n) is 8.44. The number of nitrogens with one attached hydrogen (secondary N) is 1. The average molecular weight is 352 g/mol. The summed E-state index contributed by atoms with van der Waals surface area (Å²) < 4.78 is 5.48. The lowest BCUT2D eigenvalue weighted by Gasteiger charge is -2.31. The second kappa shape index (κ2) is 8.39. The lowest BCUT2D eigenvalue weighted by molar-refractivity contribution is -0.139. The summed E-state index contributed by atoms with van der Waals surface area (Å²) >= 11 is 0. The highest BCUT2D eigenvalue weighted by Crippen LogP contribution is 2.25. The molecule has 0 bridgehead atoms. The molecule has 26 heavy (non-hydrogen) atoms. The third-order valence-corrected chi connectivity index (χ3v) is 3.56. The molecule has 136 valence electrons. The maximum absolute atomic E-state index is 13.0. The Morgan fingerprint density at radius 1 is 1.15 bits per heavy atom. The third-order valence-electron chi connectivity index (χ3n) is 3.56. The molecule has 0 spiro atoms. The molecule has 0 saturated carbocycles. The SMILES string of the molecule is CC#CC(=O)N(Cc1ccccc1)C(C(=O)NC(C)(C)C)c1ccco1. The van der Waals surface area contributed by atoms with E-state index in [2.05, 4.69) is 17.2 Å². The standard InChI is InChI=1S/C21H24N2O3/c1-5-10-18(24)23(15-16-11-7-6-8-12-16)19(17-13-9-14-26-17)20(25)22-21(2,3)4/h6-9,11-14,19H,15H2,1-4H3,(H,22,25). The molecule has 1 heterocycles. The van der Waals surface area contributed by atoms with Gasteiger partial charge in [0.1, 0.15) is 5.76 Å². The molecule has 1 atom stereocenters. The molecule has 0 aliphatic heterocycles. The van der Waals surface area contributed by atoms with Gasteiger partial charge in [-0.1, -0.05) is 36.3 Å². The van der Waals surface area contributed by atoms with Crippen LogP contribution in [-0.2, 0) is 16.1 Å². The van der Waals surface area contributed by atoms with Gasteiger partial charge in [-0.2, -0.15) is 0 Å². The van der Waals surface area contributed by atoms with E-state index in [9.17, 15) is 9.59 Å². The van der Waals surface area contributed by atoms with Crippen LogP contribution in [0.25, 0.3) is 0 Å². The van der Waals surface area contributed by atoms with E-state index < -0.39 is 17.5 Å². The summed E-state index contributed by atoms with van der Waals surface area (Å²) in [6, 6.07) is 12.0. The lowest BCUT2D eigenvalue weighted by Crippen LogP contribution is -2.48. The normalized spacial score (nSPS) is 11.8. The van der Waals surface area contributed by atoms with Crippen molar-refractivity contribution in [3.05, 3.63) is 60.1 Å². The van der Waals surface area contributed by atoms with Crippen LogP contribution in [0.2, 0.25) is 0 Å². The van der Waals surface area contributed by atoms with Gasteiger partial charge in [0.2, 0.25) is 0 Å². The lowest BCUT2D eigenvalue weighted by atomic mass is 10.1. The van der Waals surface area contributed by atoms with E-state index in [1.807, 2.05) is 51.1 Å². The monoisotopic (exact) mass is 352 g/mol. The highest BCUT2D eigenvalue weighted by Gasteiger charge is 2.34. The van der Waals surface area contributed by atoms with Crippen LogP contribution in [0.4, 0.5) is 0 Å². The van der Waals surface area contributed by atoms with E-state index >= 15 is 0 Å². The molecular formula is C21H24N2O3. The summed E-state index contributed by atoms with van der Waals surface area (Å²) in [6.07, 6.45) is 1.49. The van der Waals surface area contributed by atoms with Crippen LogP contribution in [0.5, 0.6) is 0 Å². The van der Waals surface area contributed by atoms with Gasteiger partial charge in [0.15, 0.2) is 6.04 Å². The molecule has 1 aromatic carbocycles. The maximum Gasteiger partial charge on any atom is 0.299 e. The zero-order chi connectivity index (χ0) is 19.2. The molecule has 1 N–H and O–H groups in total. The van der Waals surface area contributed by atoms with Gasteiger partial charge in [0.25, 0.3) is 11.8 Å². The van der Waals surface area contributed by atoms with Gasteiger partial charge in [0.05, 0.1) is 6.26 Å². The zero-order valence-corrected chi connectivity index (χ0v) is 15.6. The Bertz CT molecular complexity index is 793. The van der Waals surface area contributed by atoms with Gasteiger partial charge in [0, 0.05) is 12.1 Å². The van der Waals surface area contributed by atoms with Crippen molar-refractivity contribution < 1.29 is 14.0 Å². The Labute approximate surface area is 154 Å². The van der Waals surface area contributed by atoms with Gasteiger partial charge < -0.3 is 14.6 Å². The van der Waals surface area contributed by atoms with Crippen molar-refractivity contribution in [2.75, 3.05) is 0 Å². The Balaban J connectivity index is 2.44. The predicted octanol–water partition coefficient (Wildman–Crippen LogP) is 3.29. The first-order chi connectivity index (χ1) is 12.3. The van der Waals surface area contributed by atoms with Gasteiger partial charge in [-0.15, -0.1) is 0 Å². The van der Waals surface area contributed by atoms with E-state index in [0.717, 1.165) is 5.56 Å². The number of carbonyl (C=O) groups is 2. The first-order valence-corrected chi connectivity index (χ1v) is 8.44. The van der Waals surface area contributed by atoms with Crippen molar-refractivity contribution in [2.45, 2.75) is 45.8 Å². The Hall–Kier alpha value is -3.00. The van der Waals surface area contributed by atoms with Gasteiger partial charge >= 0.3 is 0 Å². The highest BCUT2D eigenvalue weighted by molar-refractivity contribution is 5.97. The first kappa shape index (κ1) is 19.3. The Morgan fingerprint density at radius 2 is 1.85 bits per heavy atom. The van der Waals surface area contributed by atoms with Crippen LogP contribution in [0, 0.1) is 11.8 Å². The van der Waals surface area contributed by atoms with Crippen molar-refractivity contribution in [3.63, 3.8) is 0 Å². The number of rotatable bonds is 5. The molecule has 0 saturated heterocycles. The number of benzene rings is 1. The summed E-state index contributed by atoms with van der Waals surface area (Å²) in [5.74, 6) is 4.82. The number of carbonyl (C=O) groups excluding carboxylic acids is 2. The molecule has 5 nitrogen and oxygen atoms in total. The number of amides is 2. The quantitative estimate of drug-likeness (QED) is 0.840. The van der Waals surface area contributed by atoms with Crippen molar-refractivity contribution in [3.8, 4) is 11.8 Å². The number of hydrogen-bond acceptors (Lipinski definition) is 3. The summed E-state index contributed by atoms with van der Waals surface area (Å²) in [7, 11) is 0. The van der Waals surface area contributed by atoms with Gasteiger partial charge in [-0.3, -0.25) is 9.59 Å². The minimum Gasteiger partial charge on any atom is -0.467 e. The number of furan rings is 1. The minimum atomic E-state index is -0.905. The molecule has 0 aliphatic carbocycles.